The molecular weight excluding hydrogens is 184 g/mol. The summed E-state index contributed by atoms with van der Waals surface area (Å²) in [5, 5.41) is 8.61. The highest BCUT2D eigenvalue weighted by Crippen LogP contribution is 2.33. The fraction of sp³-hybridized carbons (Fsp3) is 0.800. The molecule has 1 aliphatic carbocycles. The standard InChI is InChI=1S/C10H16O4/c1-7(8(11)12)9(13)14-10(2)5-3-4-6-10/h7H,3-6H2,1-2H3,(H,11,12). The zero-order valence-electron chi connectivity index (χ0n) is 8.58. The molecule has 0 radical (unpaired) electrons. The Labute approximate surface area is 83.2 Å². The third-order valence-corrected chi connectivity index (χ3v) is 2.73. The van der Waals surface area contributed by atoms with Gasteiger partial charge in [-0.1, -0.05) is 0 Å². The van der Waals surface area contributed by atoms with Crippen molar-refractivity contribution in [3.8, 4) is 0 Å². The molecule has 1 saturated carbocycles. The number of esters is 1. The number of carbonyl (C=O) groups excluding carboxylic acids is 1. The lowest BCUT2D eigenvalue weighted by Gasteiger charge is -2.24. The lowest BCUT2D eigenvalue weighted by molar-refractivity contribution is -0.167. The predicted molar refractivity (Wildman–Crippen MR) is 49.8 cm³/mol. The van der Waals surface area contributed by atoms with Crippen LogP contribution in [0.25, 0.3) is 0 Å². The first-order valence-corrected chi connectivity index (χ1v) is 4.90. The van der Waals surface area contributed by atoms with E-state index in [1.165, 1.54) is 6.92 Å². The number of hydrogen-bond acceptors (Lipinski definition) is 3. The Bertz CT molecular complexity index is 241. The summed E-state index contributed by atoms with van der Waals surface area (Å²) >= 11 is 0. The largest absolute Gasteiger partial charge is 0.481 e. The average Bonchev–Trinajstić information content (AvgIpc) is 2.50. The van der Waals surface area contributed by atoms with Gasteiger partial charge in [-0.15, -0.1) is 0 Å². The summed E-state index contributed by atoms with van der Waals surface area (Å²) in [6.45, 7) is 3.22. The number of carboxylic acid groups (broad SMARTS) is 1. The number of ether oxygens (including phenoxy) is 1. The summed E-state index contributed by atoms with van der Waals surface area (Å²) in [6, 6.07) is 0. The van der Waals surface area contributed by atoms with Crippen LogP contribution in [-0.2, 0) is 14.3 Å². The zero-order valence-corrected chi connectivity index (χ0v) is 8.58. The molecule has 1 rings (SSSR count). The van der Waals surface area contributed by atoms with Gasteiger partial charge < -0.3 is 9.84 Å². The number of carboxylic acids is 1. The maximum absolute atomic E-state index is 11.3. The maximum Gasteiger partial charge on any atom is 0.320 e. The van der Waals surface area contributed by atoms with Crippen LogP contribution in [0.2, 0.25) is 0 Å². The predicted octanol–water partition coefficient (Wildman–Crippen LogP) is 1.58. The average molecular weight is 200 g/mol. The Kier molecular flexibility index (Phi) is 3.13. The Morgan fingerprint density at radius 1 is 1.36 bits per heavy atom. The first kappa shape index (κ1) is 11.0. The van der Waals surface area contributed by atoms with Crippen LogP contribution in [0, 0.1) is 5.92 Å². The summed E-state index contributed by atoms with van der Waals surface area (Å²) < 4.78 is 5.20. The fourth-order valence-corrected chi connectivity index (χ4v) is 1.66. The molecule has 0 aromatic rings. The van der Waals surface area contributed by atoms with Crippen molar-refractivity contribution in [2.45, 2.75) is 45.1 Å². The van der Waals surface area contributed by atoms with Crippen LogP contribution in [0.5, 0.6) is 0 Å². The normalized spacial score (nSPS) is 21.6. The molecule has 0 saturated heterocycles. The molecule has 1 N–H and O–H groups in total. The molecule has 4 nitrogen and oxygen atoms in total. The monoisotopic (exact) mass is 200 g/mol. The van der Waals surface area contributed by atoms with Crippen molar-refractivity contribution in [2.75, 3.05) is 0 Å². The summed E-state index contributed by atoms with van der Waals surface area (Å²) in [4.78, 5) is 21.9. The molecule has 80 valence electrons. The highest BCUT2D eigenvalue weighted by atomic mass is 16.6. The summed E-state index contributed by atoms with van der Waals surface area (Å²) in [6.07, 6.45) is 3.77. The van der Waals surface area contributed by atoms with Crippen LogP contribution in [-0.4, -0.2) is 22.6 Å². The van der Waals surface area contributed by atoms with Crippen LogP contribution in [0.4, 0.5) is 0 Å². The molecule has 0 amide bonds. The van der Waals surface area contributed by atoms with Crippen LogP contribution in [0.3, 0.4) is 0 Å². The first-order valence-electron chi connectivity index (χ1n) is 4.90. The second-order valence-corrected chi connectivity index (χ2v) is 4.14. The van der Waals surface area contributed by atoms with Crippen molar-refractivity contribution in [2.24, 2.45) is 5.92 Å². The van der Waals surface area contributed by atoms with E-state index in [0.717, 1.165) is 25.7 Å². The van der Waals surface area contributed by atoms with Crippen LogP contribution in [0.15, 0.2) is 0 Å². The number of aliphatic carboxylic acids is 1. The quantitative estimate of drug-likeness (QED) is 0.555. The highest BCUT2D eigenvalue weighted by Gasteiger charge is 2.35. The summed E-state index contributed by atoms with van der Waals surface area (Å²) in [5.41, 5.74) is -0.430. The van der Waals surface area contributed by atoms with Crippen molar-refractivity contribution in [1.29, 1.82) is 0 Å². The molecule has 14 heavy (non-hydrogen) atoms. The van der Waals surface area contributed by atoms with Crippen molar-refractivity contribution in [3.63, 3.8) is 0 Å². The number of carbonyl (C=O) groups is 2. The second kappa shape index (κ2) is 3.98. The van der Waals surface area contributed by atoms with E-state index in [9.17, 15) is 9.59 Å². The van der Waals surface area contributed by atoms with E-state index in [-0.39, 0.29) is 0 Å². The molecular formula is C10H16O4. The maximum atomic E-state index is 11.3. The van der Waals surface area contributed by atoms with E-state index in [1.807, 2.05) is 6.92 Å². The van der Waals surface area contributed by atoms with Gasteiger partial charge in [0.1, 0.15) is 5.60 Å². The Balaban J connectivity index is 2.51. The van der Waals surface area contributed by atoms with E-state index in [2.05, 4.69) is 0 Å². The SMILES string of the molecule is CC(C(=O)O)C(=O)OC1(C)CCCC1. The lowest BCUT2D eigenvalue weighted by Crippen LogP contribution is -2.33. The third kappa shape index (κ3) is 2.47. The van der Waals surface area contributed by atoms with Crippen molar-refractivity contribution < 1.29 is 19.4 Å². The smallest absolute Gasteiger partial charge is 0.320 e. The molecule has 1 aliphatic rings. The van der Waals surface area contributed by atoms with Gasteiger partial charge in [0.25, 0.3) is 0 Å². The number of rotatable bonds is 3. The molecule has 0 aliphatic heterocycles. The van der Waals surface area contributed by atoms with Gasteiger partial charge >= 0.3 is 11.9 Å². The van der Waals surface area contributed by atoms with E-state index < -0.39 is 23.5 Å². The minimum atomic E-state index is -1.13. The van der Waals surface area contributed by atoms with Gasteiger partial charge in [0.15, 0.2) is 5.92 Å². The second-order valence-electron chi connectivity index (χ2n) is 4.14. The minimum absolute atomic E-state index is 0.430. The Hall–Kier alpha value is -1.06. The molecule has 1 unspecified atom stereocenters. The summed E-state index contributed by atoms with van der Waals surface area (Å²) in [5.74, 6) is -2.81. The lowest BCUT2D eigenvalue weighted by atomic mass is 10.1. The Morgan fingerprint density at radius 3 is 2.29 bits per heavy atom. The molecule has 0 heterocycles. The molecule has 4 heteroatoms. The molecule has 0 bridgehead atoms. The van der Waals surface area contributed by atoms with E-state index in [0.29, 0.717) is 0 Å². The van der Waals surface area contributed by atoms with Crippen molar-refractivity contribution in [1.82, 2.24) is 0 Å². The fourth-order valence-electron chi connectivity index (χ4n) is 1.66. The molecule has 1 fully saturated rings. The molecule has 0 aromatic carbocycles. The summed E-state index contributed by atoms with van der Waals surface area (Å²) in [7, 11) is 0. The number of hydrogen-bond donors (Lipinski definition) is 1. The van der Waals surface area contributed by atoms with E-state index in [4.69, 9.17) is 9.84 Å². The zero-order chi connectivity index (χ0) is 10.8. The van der Waals surface area contributed by atoms with Gasteiger partial charge in [-0.3, -0.25) is 9.59 Å². The first-order chi connectivity index (χ1) is 6.44. The van der Waals surface area contributed by atoms with Crippen molar-refractivity contribution in [3.05, 3.63) is 0 Å². The minimum Gasteiger partial charge on any atom is -0.481 e. The Morgan fingerprint density at radius 2 is 1.86 bits per heavy atom. The molecule has 0 aromatic heterocycles. The van der Waals surface area contributed by atoms with Crippen LogP contribution < -0.4 is 0 Å². The van der Waals surface area contributed by atoms with Crippen molar-refractivity contribution >= 4 is 11.9 Å². The van der Waals surface area contributed by atoms with Gasteiger partial charge in [0, 0.05) is 0 Å². The van der Waals surface area contributed by atoms with E-state index >= 15 is 0 Å². The molecule has 1 atom stereocenters. The highest BCUT2D eigenvalue weighted by molar-refractivity contribution is 5.93. The topological polar surface area (TPSA) is 63.6 Å². The van der Waals surface area contributed by atoms with E-state index in [1.54, 1.807) is 0 Å². The van der Waals surface area contributed by atoms with Gasteiger partial charge in [-0.25, -0.2) is 0 Å². The van der Waals surface area contributed by atoms with Gasteiger partial charge in [0.2, 0.25) is 0 Å². The van der Waals surface area contributed by atoms with Crippen LogP contribution in [0.1, 0.15) is 39.5 Å². The van der Waals surface area contributed by atoms with Gasteiger partial charge in [0.05, 0.1) is 0 Å². The molecule has 0 spiro atoms. The third-order valence-electron chi connectivity index (χ3n) is 2.73. The van der Waals surface area contributed by atoms with Gasteiger partial charge in [-0.05, 0) is 39.5 Å². The van der Waals surface area contributed by atoms with Gasteiger partial charge in [-0.2, -0.15) is 0 Å². The van der Waals surface area contributed by atoms with Crippen LogP contribution >= 0.6 is 0 Å².